The maximum Gasteiger partial charge on any atom is 0.280 e. The highest BCUT2D eigenvalue weighted by atomic mass is 16.6. The Hall–Kier alpha value is -3.50. The number of carbonyl (C=O) groups excluding carboxylic acids is 1. The molecule has 2 fully saturated rings. The number of rotatable bonds is 7. The van der Waals surface area contributed by atoms with Gasteiger partial charge in [0.15, 0.2) is 0 Å². The fourth-order valence-corrected chi connectivity index (χ4v) is 5.61. The fourth-order valence-electron chi connectivity index (χ4n) is 5.61. The van der Waals surface area contributed by atoms with Crippen LogP contribution in [-0.2, 0) is 4.84 Å². The van der Waals surface area contributed by atoms with E-state index >= 15 is 0 Å². The Morgan fingerprint density at radius 2 is 1.82 bits per heavy atom. The maximum atomic E-state index is 13.2. The smallest absolute Gasteiger partial charge is 0.280 e. The second-order valence-electron chi connectivity index (χ2n) is 10.4. The molecule has 0 bridgehead atoms. The van der Waals surface area contributed by atoms with Crippen LogP contribution in [0.5, 0.6) is 0 Å². The molecule has 5 rings (SSSR count). The van der Waals surface area contributed by atoms with Crippen LogP contribution >= 0.6 is 0 Å². The van der Waals surface area contributed by atoms with E-state index in [0.29, 0.717) is 35.7 Å². The number of benzene rings is 1. The summed E-state index contributed by atoms with van der Waals surface area (Å²) in [4.78, 5) is 42.5. The molecule has 2 atom stereocenters. The monoisotopic (exact) mass is 519 g/mol. The van der Waals surface area contributed by atoms with E-state index in [9.17, 15) is 9.59 Å². The lowest BCUT2D eigenvalue weighted by molar-refractivity contribution is 0.0363. The highest BCUT2D eigenvalue weighted by molar-refractivity contribution is 5.96. The van der Waals surface area contributed by atoms with Crippen LogP contribution in [0, 0.1) is 0 Å². The summed E-state index contributed by atoms with van der Waals surface area (Å²) < 4.78 is 1.99. The zero-order valence-electron chi connectivity index (χ0n) is 22.4. The lowest BCUT2D eigenvalue weighted by Gasteiger charge is -2.37. The van der Waals surface area contributed by atoms with Gasteiger partial charge in [-0.1, -0.05) is 19.3 Å². The van der Waals surface area contributed by atoms with Crippen molar-refractivity contribution in [3.05, 3.63) is 52.4 Å². The number of aromatic nitrogens is 3. The third-order valence-corrected chi connectivity index (χ3v) is 7.34. The van der Waals surface area contributed by atoms with E-state index in [1.807, 2.05) is 16.7 Å². The number of nitrogens with zero attached hydrogens (tertiary/aromatic N) is 4. The zero-order valence-corrected chi connectivity index (χ0v) is 22.4. The summed E-state index contributed by atoms with van der Waals surface area (Å²) in [7, 11) is 0. The van der Waals surface area contributed by atoms with Gasteiger partial charge in [-0.15, -0.1) is 0 Å². The largest absolute Gasteiger partial charge is 0.368 e. The van der Waals surface area contributed by atoms with E-state index in [-0.39, 0.29) is 11.6 Å². The predicted octanol–water partition coefficient (Wildman–Crippen LogP) is 3.91. The van der Waals surface area contributed by atoms with Crippen LogP contribution in [0.4, 0.5) is 17.3 Å². The second kappa shape index (κ2) is 11.5. The van der Waals surface area contributed by atoms with E-state index in [4.69, 9.17) is 9.82 Å². The van der Waals surface area contributed by atoms with Crippen molar-refractivity contribution in [3.63, 3.8) is 0 Å². The Morgan fingerprint density at radius 1 is 1.11 bits per heavy atom. The van der Waals surface area contributed by atoms with Gasteiger partial charge in [-0.25, -0.2) is 10.5 Å². The van der Waals surface area contributed by atoms with Gasteiger partial charge in [-0.3, -0.25) is 14.4 Å². The summed E-state index contributed by atoms with van der Waals surface area (Å²) in [6.07, 6.45) is 8.50. The molecule has 1 amide bonds. The molecule has 1 aliphatic heterocycles. The first-order chi connectivity index (χ1) is 18.4. The quantitative estimate of drug-likeness (QED) is 0.403. The molecule has 10 heteroatoms. The molecule has 0 radical (unpaired) electrons. The van der Waals surface area contributed by atoms with Gasteiger partial charge in [0, 0.05) is 55.0 Å². The van der Waals surface area contributed by atoms with Crippen molar-refractivity contribution in [2.24, 2.45) is 0 Å². The van der Waals surface area contributed by atoms with Crippen molar-refractivity contribution in [3.8, 4) is 0 Å². The number of hydrogen-bond acceptors (Lipinski definition) is 8. The molecule has 3 heterocycles. The van der Waals surface area contributed by atoms with Crippen LogP contribution < -0.4 is 26.4 Å². The van der Waals surface area contributed by atoms with E-state index < -0.39 is 11.3 Å². The first kappa shape index (κ1) is 26.1. The molecular weight excluding hydrogens is 482 g/mol. The zero-order chi connectivity index (χ0) is 26.6. The average molecular weight is 520 g/mol. The minimum absolute atomic E-state index is 0.0352. The Labute approximate surface area is 222 Å². The molecule has 1 saturated carbocycles. The van der Waals surface area contributed by atoms with Gasteiger partial charge in [-0.05, 0) is 57.9 Å². The topological polar surface area (TPSA) is 113 Å². The van der Waals surface area contributed by atoms with Gasteiger partial charge in [0.25, 0.3) is 5.91 Å². The molecule has 1 aromatic carbocycles. The average Bonchev–Trinajstić information content (AvgIpc) is 2.92. The van der Waals surface area contributed by atoms with E-state index in [2.05, 4.69) is 52.0 Å². The molecule has 38 heavy (non-hydrogen) atoms. The molecule has 1 saturated heterocycles. The minimum atomic E-state index is -0.557. The van der Waals surface area contributed by atoms with E-state index in [1.54, 1.807) is 13.1 Å². The van der Waals surface area contributed by atoms with Crippen LogP contribution in [0.15, 0.2) is 41.5 Å². The molecule has 202 valence electrons. The summed E-state index contributed by atoms with van der Waals surface area (Å²) in [6, 6.07) is 9.30. The number of fused-ring (bicyclic) bond motifs is 1. The van der Waals surface area contributed by atoms with Gasteiger partial charge >= 0.3 is 0 Å². The van der Waals surface area contributed by atoms with Crippen LogP contribution in [0.1, 0.15) is 69.3 Å². The van der Waals surface area contributed by atoms with Crippen molar-refractivity contribution < 1.29 is 9.63 Å². The molecule has 2 aliphatic rings. The van der Waals surface area contributed by atoms with Crippen molar-refractivity contribution in [2.75, 3.05) is 29.9 Å². The summed E-state index contributed by atoms with van der Waals surface area (Å²) in [6.45, 7) is 8.42. The molecule has 1 aliphatic carbocycles. The molecule has 2 aromatic heterocycles. The van der Waals surface area contributed by atoms with Gasteiger partial charge in [0.1, 0.15) is 11.2 Å². The number of anilines is 3. The standard InChI is InChI=1S/C28H37N7O3/c1-4-38-33-27(37)24-17-35(22-8-6-5-7-9-22)26-23(25(24)36)14-29-28(32-26)31-20-10-12-21(13-11-20)34-15-18(2)30-19(3)16-34/h10-14,17-19,22,30H,4-9,15-16H2,1-3H3,(H,33,37)(H,29,31,32). The highest BCUT2D eigenvalue weighted by Gasteiger charge is 2.23. The molecule has 3 N–H and O–H groups in total. The fraction of sp³-hybridized carbons (Fsp3) is 0.500. The number of hydrogen-bond donors (Lipinski definition) is 3. The van der Waals surface area contributed by atoms with Crippen LogP contribution in [0.3, 0.4) is 0 Å². The van der Waals surface area contributed by atoms with E-state index in [1.165, 1.54) is 18.3 Å². The summed E-state index contributed by atoms with van der Waals surface area (Å²) in [5, 5.41) is 7.18. The molecule has 3 aromatic rings. The molecule has 10 nitrogen and oxygen atoms in total. The van der Waals surface area contributed by atoms with Crippen LogP contribution in [0.2, 0.25) is 0 Å². The number of hydroxylamine groups is 1. The number of carbonyl (C=O) groups is 1. The first-order valence-corrected chi connectivity index (χ1v) is 13.6. The van der Waals surface area contributed by atoms with Crippen molar-refractivity contribution >= 4 is 34.3 Å². The normalized spacial score (nSPS) is 20.4. The van der Waals surface area contributed by atoms with Crippen LogP contribution in [-0.4, -0.2) is 52.2 Å². The molecular formula is C28H37N7O3. The third-order valence-electron chi connectivity index (χ3n) is 7.34. The third kappa shape index (κ3) is 5.66. The van der Waals surface area contributed by atoms with Crippen LogP contribution in [0.25, 0.3) is 11.0 Å². The highest BCUT2D eigenvalue weighted by Crippen LogP contribution is 2.30. The second-order valence-corrected chi connectivity index (χ2v) is 10.4. The van der Waals surface area contributed by atoms with E-state index in [0.717, 1.165) is 44.5 Å². The summed E-state index contributed by atoms with van der Waals surface area (Å²) >= 11 is 0. The minimum Gasteiger partial charge on any atom is -0.368 e. The van der Waals surface area contributed by atoms with Crippen molar-refractivity contribution in [1.82, 2.24) is 25.3 Å². The molecule has 2 unspecified atom stereocenters. The van der Waals surface area contributed by atoms with Crippen molar-refractivity contribution in [2.45, 2.75) is 71.0 Å². The number of piperazine rings is 1. The maximum absolute atomic E-state index is 13.2. The number of amides is 1. The lowest BCUT2D eigenvalue weighted by atomic mass is 9.95. The predicted molar refractivity (Wildman–Crippen MR) is 149 cm³/mol. The first-order valence-electron chi connectivity index (χ1n) is 13.6. The SMILES string of the molecule is CCONC(=O)c1cn(C2CCCCC2)c2nc(Nc3ccc(N4CC(C)NC(C)C4)cc3)ncc2c1=O. The summed E-state index contributed by atoms with van der Waals surface area (Å²) in [5.41, 5.74) is 4.56. The van der Waals surface area contributed by atoms with Crippen molar-refractivity contribution in [1.29, 1.82) is 0 Å². The van der Waals surface area contributed by atoms with Gasteiger partial charge < -0.3 is 20.1 Å². The number of pyridine rings is 1. The Bertz CT molecular complexity index is 1320. The van der Waals surface area contributed by atoms with Gasteiger partial charge in [0.05, 0.1) is 12.0 Å². The number of nitrogens with one attached hydrogen (secondary N) is 3. The van der Waals surface area contributed by atoms with Gasteiger partial charge in [-0.2, -0.15) is 4.98 Å². The van der Waals surface area contributed by atoms with Gasteiger partial charge in [0.2, 0.25) is 11.4 Å². The summed E-state index contributed by atoms with van der Waals surface area (Å²) in [5.74, 6) is -0.149. The lowest BCUT2D eigenvalue weighted by Crippen LogP contribution is -2.54. The Kier molecular flexibility index (Phi) is 7.90. The Morgan fingerprint density at radius 3 is 2.50 bits per heavy atom. The Balaban J connectivity index is 1.44. The molecule has 0 spiro atoms.